The molecule has 3 aromatic rings. The van der Waals surface area contributed by atoms with Crippen LogP contribution in [-0.4, -0.2) is 36.8 Å². The van der Waals surface area contributed by atoms with Crippen molar-refractivity contribution in [3.8, 4) is 17.2 Å². The van der Waals surface area contributed by atoms with Crippen LogP contribution in [0.2, 0.25) is 0 Å². The third-order valence-electron chi connectivity index (χ3n) is 5.80. The number of ether oxygens (including phenoxy) is 3. The number of fused-ring (bicyclic) bond motifs is 2. The molecule has 2 aromatic heterocycles. The Hall–Kier alpha value is -3.07. The third-order valence-corrected chi connectivity index (χ3v) is 6.98. The number of benzene rings is 1. The highest BCUT2D eigenvalue weighted by atomic mass is 32.1. The number of rotatable bonds is 6. The number of hydrogen-bond donors (Lipinski definition) is 1. The van der Waals surface area contributed by atoms with Crippen LogP contribution in [0.4, 0.5) is 0 Å². The lowest BCUT2D eigenvalue weighted by atomic mass is 10.1. The van der Waals surface area contributed by atoms with Crippen molar-refractivity contribution in [1.29, 1.82) is 0 Å². The number of nitrogens with one attached hydrogen (secondary N) is 1. The van der Waals surface area contributed by atoms with Gasteiger partial charge in [-0.2, -0.15) is 0 Å². The topological polar surface area (TPSA) is 91.7 Å². The van der Waals surface area contributed by atoms with Gasteiger partial charge in [-0.15, -0.1) is 11.3 Å². The number of nitrogens with zero attached hydrogens (tertiary/aromatic N) is 2. The van der Waals surface area contributed by atoms with Gasteiger partial charge in [0.1, 0.15) is 10.7 Å². The van der Waals surface area contributed by atoms with Crippen LogP contribution in [0.15, 0.2) is 16.9 Å². The number of carbonyl (C=O) groups excluding carboxylic acids is 1. The first kappa shape index (κ1) is 22.1. The fourth-order valence-electron chi connectivity index (χ4n) is 4.13. The van der Waals surface area contributed by atoms with E-state index in [0.29, 0.717) is 44.5 Å². The maximum atomic E-state index is 13.1. The van der Waals surface area contributed by atoms with Gasteiger partial charge in [0.15, 0.2) is 11.5 Å². The van der Waals surface area contributed by atoms with Crippen molar-refractivity contribution in [2.24, 2.45) is 0 Å². The molecule has 0 spiro atoms. The summed E-state index contributed by atoms with van der Waals surface area (Å²) in [5, 5.41) is 3.49. The molecule has 0 saturated carbocycles. The number of aryl methyl sites for hydroxylation is 2. The van der Waals surface area contributed by atoms with E-state index >= 15 is 0 Å². The molecule has 0 radical (unpaired) electrons. The molecule has 1 amide bonds. The van der Waals surface area contributed by atoms with Crippen molar-refractivity contribution in [2.75, 3.05) is 21.3 Å². The second kappa shape index (κ2) is 9.20. The molecule has 1 aliphatic heterocycles. The number of aromatic nitrogens is 2. The molecule has 8 nitrogen and oxygen atoms in total. The van der Waals surface area contributed by atoms with E-state index in [-0.39, 0.29) is 18.0 Å². The quantitative estimate of drug-likeness (QED) is 0.610. The van der Waals surface area contributed by atoms with E-state index in [1.54, 1.807) is 38.0 Å². The SMILES string of the molecule is COc1cc(CNC(=O)c2sc3nc4n(c(=O)c3c2C)CCCCC4)cc(OC)c1OC. The number of methoxy groups -OCH3 is 3. The monoisotopic (exact) mass is 457 g/mol. The zero-order valence-corrected chi connectivity index (χ0v) is 19.6. The van der Waals surface area contributed by atoms with Gasteiger partial charge in [0.25, 0.3) is 11.5 Å². The molecule has 1 N–H and O–H groups in total. The predicted molar refractivity (Wildman–Crippen MR) is 123 cm³/mol. The van der Waals surface area contributed by atoms with E-state index in [0.717, 1.165) is 37.1 Å². The molecule has 0 atom stereocenters. The van der Waals surface area contributed by atoms with Crippen LogP contribution in [-0.2, 0) is 19.5 Å². The number of thiophene rings is 1. The maximum Gasteiger partial charge on any atom is 0.262 e. The number of amides is 1. The van der Waals surface area contributed by atoms with Gasteiger partial charge in [-0.3, -0.25) is 14.2 Å². The Morgan fingerprint density at radius 2 is 1.84 bits per heavy atom. The Morgan fingerprint density at radius 1 is 1.12 bits per heavy atom. The van der Waals surface area contributed by atoms with Crippen molar-refractivity contribution >= 4 is 27.5 Å². The molecule has 0 unspecified atom stereocenters. The summed E-state index contributed by atoms with van der Waals surface area (Å²) in [4.78, 5) is 32.0. The van der Waals surface area contributed by atoms with E-state index in [4.69, 9.17) is 19.2 Å². The van der Waals surface area contributed by atoms with Gasteiger partial charge in [0, 0.05) is 19.5 Å². The normalized spacial score (nSPS) is 13.4. The average Bonchev–Trinajstić information content (AvgIpc) is 2.97. The van der Waals surface area contributed by atoms with Gasteiger partial charge >= 0.3 is 0 Å². The zero-order chi connectivity index (χ0) is 22.8. The Balaban J connectivity index is 1.62. The van der Waals surface area contributed by atoms with Crippen molar-refractivity contribution in [2.45, 2.75) is 45.7 Å². The van der Waals surface area contributed by atoms with Crippen LogP contribution in [0.1, 0.15) is 45.9 Å². The van der Waals surface area contributed by atoms with Gasteiger partial charge in [-0.05, 0) is 43.0 Å². The summed E-state index contributed by atoms with van der Waals surface area (Å²) in [7, 11) is 4.64. The van der Waals surface area contributed by atoms with Crippen molar-refractivity contribution in [3.05, 3.63) is 44.3 Å². The lowest BCUT2D eigenvalue weighted by molar-refractivity contribution is 0.0954. The maximum absolute atomic E-state index is 13.1. The van der Waals surface area contributed by atoms with E-state index in [1.807, 2.05) is 6.92 Å². The van der Waals surface area contributed by atoms with Crippen LogP contribution in [0.3, 0.4) is 0 Å². The smallest absolute Gasteiger partial charge is 0.262 e. The van der Waals surface area contributed by atoms with E-state index in [2.05, 4.69) is 5.32 Å². The molecule has 0 fully saturated rings. The molecule has 32 heavy (non-hydrogen) atoms. The molecule has 0 saturated heterocycles. The second-order valence-corrected chi connectivity index (χ2v) is 8.75. The zero-order valence-electron chi connectivity index (χ0n) is 18.7. The van der Waals surface area contributed by atoms with Crippen LogP contribution in [0.25, 0.3) is 10.2 Å². The highest BCUT2D eigenvalue weighted by Crippen LogP contribution is 2.38. The average molecular weight is 458 g/mol. The lowest BCUT2D eigenvalue weighted by Gasteiger charge is -2.14. The first-order chi connectivity index (χ1) is 15.5. The van der Waals surface area contributed by atoms with Crippen LogP contribution < -0.4 is 25.1 Å². The second-order valence-electron chi connectivity index (χ2n) is 7.75. The van der Waals surface area contributed by atoms with Crippen molar-refractivity contribution < 1.29 is 19.0 Å². The van der Waals surface area contributed by atoms with E-state index < -0.39 is 0 Å². The Labute approximate surface area is 190 Å². The first-order valence-corrected chi connectivity index (χ1v) is 11.4. The standard InChI is InChI=1S/C23H27N3O5S/c1-13-18-22(25-17-8-6-5-7-9-26(17)23(18)28)32-20(13)21(27)24-12-14-10-15(29-2)19(31-4)16(11-14)30-3/h10-11H,5-9,12H2,1-4H3,(H,24,27). The summed E-state index contributed by atoms with van der Waals surface area (Å²) < 4.78 is 17.9. The Kier molecular flexibility index (Phi) is 6.36. The van der Waals surface area contributed by atoms with Crippen LogP contribution >= 0.6 is 11.3 Å². The molecule has 9 heteroatoms. The number of carbonyl (C=O) groups is 1. The molecule has 1 aliphatic rings. The Morgan fingerprint density at radius 3 is 2.50 bits per heavy atom. The fraction of sp³-hybridized carbons (Fsp3) is 0.435. The van der Waals surface area contributed by atoms with E-state index in [9.17, 15) is 9.59 Å². The van der Waals surface area contributed by atoms with Crippen molar-refractivity contribution in [1.82, 2.24) is 14.9 Å². The van der Waals surface area contributed by atoms with Gasteiger partial charge in [-0.1, -0.05) is 6.42 Å². The Bertz CT molecular complexity index is 1210. The van der Waals surface area contributed by atoms with Gasteiger partial charge in [-0.25, -0.2) is 4.98 Å². The van der Waals surface area contributed by atoms with Crippen LogP contribution in [0, 0.1) is 6.92 Å². The predicted octanol–water partition coefficient (Wildman–Crippen LogP) is 3.45. The van der Waals surface area contributed by atoms with Crippen molar-refractivity contribution in [3.63, 3.8) is 0 Å². The lowest BCUT2D eigenvalue weighted by Crippen LogP contribution is -2.25. The molecule has 170 valence electrons. The summed E-state index contributed by atoms with van der Waals surface area (Å²) >= 11 is 1.28. The summed E-state index contributed by atoms with van der Waals surface area (Å²) in [6.45, 7) is 2.78. The molecular weight excluding hydrogens is 430 g/mol. The molecule has 3 heterocycles. The molecule has 0 aliphatic carbocycles. The highest BCUT2D eigenvalue weighted by molar-refractivity contribution is 7.20. The summed E-state index contributed by atoms with van der Waals surface area (Å²) in [5.74, 6) is 2.13. The van der Waals surface area contributed by atoms with Crippen LogP contribution in [0.5, 0.6) is 17.2 Å². The molecule has 4 rings (SSSR count). The minimum Gasteiger partial charge on any atom is -0.493 e. The molecule has 1 aromatic carbocycles. The van der Waals surface area contributed by atoms with Gasteiger partial charge < -0.3 is 19.5 Å². The summed E-state index contributed by atoms with van der Waals surface area (Å²) in [6, 6.07) is 3.59. The highest BCUT2D eigenvalue weighted by Gasteiger charge is 2.22. The van der Waals surface area contributed by atoms with Gasteiger partial charge in [0.2, 0.25) is 5.75 Å². The molecular formula is C23H27N3O5S. The van der Waals surface area contributed by atoms with E-state index in [1.165, 1.54) is 11.3 Å². The largest absolute Gasteiger partial charge is 0.493 e. The minimum atomic E-state index is -0.237. The minimum absolute atomic E-state index is 0.0377. The first-order valence-electron chi connectivity index (χ1n) is 10.6. The number of hydrogen-bond acceptors (Lipinski definition) is 7. The van der Waals surface area contributed by atoms with Gasteiger partial charge in [0.05, 0.1) is 31.6 Å². The molecule has 0 bridgehead atoms. The summed E-state index contributed by atoms with van der Waals surface area (Å²) in [5.41, 5.74) is 1.45. The fourth-order valence-corrected chi connectivity index (χ4v) is 5.23. The summed E-state index contributed by atoms with van der Waals surface area (Å²) in [6.07, 6.45) is 3.91. The third kappa shape index (κ3) is 3.92.